The molecule has 0 heterocycles. The molecule has 0 atom stereocenters. The summed E-state index contributed by atoms with van der Waals surface area (Å²) >= 11 is 0. The largest absolute Gasteiger partial charge is 0.488 e. The Bertz CT molecular complexity index is 656. The van der Waals surface area contributed by atoms with Gasteiger partial charge in [0.25, 0.3) is 0 Å². The quantitative estimate of drug-likeness (QED) is 0.698. The number of hydrogen-bond acceptors (Lipinski definition) is 2. The van der Waals surface area contributed by atoms with E-state index in [2.05, 4.69) is 62.4 Å². The second kappa shape index (κ2) is 12.9. The first-order chi connectivity index (χ1) is 12.6. The van der Waals surface area contributed by atoms with Crippen molar-refractivity contribution in [1.29, 1.82) is 0 Å². The molecule has 3 aromatic rings. The van der Waals surface area contributed by atoms with Crippen LogP contribution in [0.5, 0.6) is 0 Å². The van der Waals surface area contributed by atoms with Crippen LogP contribution in [0.2, 0.25) is 0 Å². The summed E-state index contributed by atoms with van der Waals surface area (Å²) in [6.07, 6.45) is 2.28. The van der Waals surface area contributed by atoms with Crippen molar-refractivity contribution in [3.05, 3.63) is 102 Å². The van der Waals surface area contributed by atoms with Gasteiger partial charge in [0.15, 0.2) is 0 Å². The van der Waals surface area contributed by atoms with E-state index in [0.29, 0.717) is 5.46 Å². The van der Waals surface area contributed by atoms with Gasteiger partial charge in [-0.3, -0.25) is 0 Å². The number of rotatable bonds is 3. The van der Waals surface area contributed by atoms with Gasteiger partial charge in [-0.1, -0.05) is 104 Å². The summed E-state index contributed by atoms with van der Waals surface area (Å²) in [5, 5.41) is 17.3. The second-order valence-corrected chi connectivity index (χ2v) is 5.96. The minimum Gasteiger partial charge on any atom is -0.423 e. The van der Waals surface area contributed by atoms with E-state index in [9.17, 15) is 0 Å². The molecule has 0 radical (unpaired) electrons. The maximum Gasteiger partial charge on any atom is 0.488 e. The van der Waals surface area contributed by atoms with Crippen molar-refractivity contribution in [2.45, 2.75) is 33.6 Å². The molecular formula is C23H29BO2. The van der Waals surface area contributed by atoms with Gasteiger partial charge in [0.2, 0.25) is 0 Å². The fourth-order valence-corrected chi connectivity index (χ4v) is 2.17. The van der Waals surface area contributed by atoms with Gasteiger partial charge in [-0.15, -0.1) is 0 Å². The Kier molecular flexibility index (Phi) is 10.8. The van der Waals surface area contributed by atoms with Crippen molar-refractivity contribution in [3.63, 3.8) is 0 Å². The highest BCUT2D eigenvalue weighted by Crippen LogP contribution is 1.97. The third-order valence-electron chi connectivity index (χ3n) is 3.88. The molecule has 3 heteroatoms. The molecule has 136 valence electrons. The Hall–Kier alpha value is -2.36. The lowest BCUT2D eigenvalue weighted by Gasteiger charge is -1.97. The molecule has 0 bridgehead atoms. The monoisotopic (exact) mass is 348 g/mol. The van der Waals surface area contributed by atoms with Gasteiger partial charge >= 0.3 is 7.12 Å². The van der Waals surface area contributed by atoms with E-state index in [1.807, 2.05) is 31.2 Å². The zero-order chi connectivity index (χ0) is 19.2. The molecule has 0 aliphatic heterocycles. The summed E-state index contributed by atoms with van der Waals surface area (Å²) in [4.78, 5) is 0. The lowest BCUT2D eigenvalue weighted by molar-refractivity contribution is 0.426. The molecule has 26 heavy (non-hydrogen) atoms. The van der Waals surface area contributed by atoms with E-state index in [1.54, 1.807) is 12.1 Å². The molecule has 0 saturated heterocycles. The molecule has 0 aliphatic carbocycles. The van der Waals surface area contributed by atoms with Gasteiger partial charge in [0.05, 0.1) is 0 Å². The van der Waals surface area contributed by atoms with Crippen molar-refractivity contribution >= 4 is 12.6 Å². The normalized spacial score (nSPS) is 9.27. The Morgan fingerprint density at radius 3 is 1.27 bits per heavy atom. The Morgan fingerprint density at radius 2 is 1.00 bits per heavy atom. The topological polar surface area (TPSA) is 40.5 Å². The molecule has 0 spiro atoms. The van der Waals surface area contributed by atoms with Gasteiger partial charge in [0.1, 0.15) is 0 Å². The van der Waals surface area contributed by atoms with Crippen molar-refractivity contribution in [2.75, 3.05) is 0 Å². The van der Waals surface area contributed by atoms with Gasteiger partial charge in [-0.2, -0.15) is 0 Å². The zero-order valence-electron chi connectivity index (χ0n) is 16.0. The molecule has 2 N–H and O–H groups in total. The highest BCUT2D eigenvalue weighted by molar-refractivity contribution is 6.58. The van der Waals surface area contributed by atoms with Crippen molar-refractivity contribution < 1.29 is 10.0 Å². The van der Waals surface area contributed by atoms with Crippen molar-refractivity contribution in [3.8, 4) is 0 Å². The molecule has 0 fully saturated rings. The standard InChI is InChI=1S/2C8H10.C7H9BO2/c2*1-2-8-6-4-3-5-7-8;1-6-2-4-7(5-3-6)8(9)10/h2*3-7H,2H2,1H3;2-5,9-10H,1H3. The molecule has 0 aliphatic rings. The number of hydrogen-bond donors (Lipinski definition) is 2. The van der Waals surface area contributed by atoms with Crippen LogP contribution in [-0.4, -0.2) is 17.2 Å². The van der Waals surface area contributed by atoms with Gasteiger partial charge in [-0.25, -0.2) is 0 Å². The molecule has 0 unspecified atom stereocenters. The van der Waals surface area contributed by atoms with Crippen LogP contribution in [0, 0.1) is 6.92 Å². The number of aryl methyl sites for hydroxylation is 3. The first-order valence-corrected chi connectivity index (χ1v) is 9.07. The van der Waals surface area contributed by atoms with Crippen LogP contribution in [-0.2, 0) is 12.8 Å². The lowest BCUT2D eigenvalue weighted by atomic mass is 9.80. The van der Waals surface area contributed by atoms with E-state index in [4.69, 9.17) is 10.0 Å². The van der Waals surface area contributed by atoms with Gasteiger partial charge in [0, 0.05) is 0 Å². The van der Waals surface area contributed by atoms with Crippen LogP contribution >= 0.6 is 0 Å². The summed E-state index contributed by atoms with van der Waals surface area (Å²) in [7, 11) is -1.35. The minimum absolute atomic E-state index is 0.533. The van der Waals surface area contributed by atoms with Crippen molar-refractivity contribution in [2.24, 2.45) is 0 Å². The summed E-state index contributed by atoms with van der Waals surface area (Å²) in [5.41, 5.74) is 4.47. The molecule has 2 nitrogen and oxygen atoms in total. The molecular weight excluding hydrogens is 319 g/mol. The summed E-state index contributed by atoms with van der Waals surface area (Å²) in [6, 6.07) is 28.0. The van der Waals surface area contributed by atoms with Crippen LogP contribution in [0.4, 0.5) is 0 Å². The Balaban J connectivity index is 0.000000197. The van der Waals surface area contributed by atoms with Crippen molar-refractivity contribution in [1.82, 2.24) is 0 Å². The van der Waals surface area contributed by atoms with Crippen LogP contribution in [0.1, 0.15) is 30.5 Å². The highest BCUT2D eigenvalue weighted by Gasteiger charge is 2.08. The molecule has 3 aromatic carbocycles. The zero-order valence-corrected chi connectivity index (χ0v) is 16.0. The van der Waals surface area contributed by atoms with Crippen LogP contribution < -0.4 is 5.46 Å². The SMILES string of the molecule is CCc1ccccc1.CCc1ccccc1.Cc1ccc(B(O)O)cc1. The fourth-order valence-electron chi connectivity index (χ4n) is 2.17. The third-order valence-corrected chi connectivity index (χ3v) is 3.88. The predicted octanol–water partition coefficient (Wildman–Crippen LogP) is 4.17. The molecule has 0 saturated carbocycles. The predicted molar refractivity (Wildman–Crippen MR) is 113 cm³/mol. The van der Waals surface area contributed by atoms with Gasteiger partial charge < -0.3 is 10.0 Å². The summed E-state index contributed by atoms with van der Waals surface area (Å²) in [5.74, 6) is 0. The smallest absolute Gasteiger partial charge is 0.423 e. The van der Waals surface area contributed by atoms with E-state index in [-0.39, 0.29) is 0 Å². The summed E-state index contributed by atoms with van der Waals surface area (Å²) < 4.78 is 0. The lowest BCUT2D eigenvalue weighted by Crippen LogP contribution is -2.29. The first kappa shape index (κ1) is 21.7. The fraction of sp³-hybridized carbons (Fsp3) is 0.217. The van der Waals surface area contributed by atoms with Crippen LogP contribution in [0.3, 0.4) is 0 Å². The average molecular weight is 348 g/mol. The highest BCUT2D eigenvalue weighted by atomic mass is 16.4. The Morgan fingerprint density at radius 1 is 0.615 bits per heavy atom. The van der Waals surface area contributed by atoms with E-state index in [0.717, 1.165) is 18.4 Å². The maximum absolute atomic E-state index is 8.67. The second-order valence-electron chi connectivity index (χ2n) is 5.96. The molecule has 0 amide bonds. The van der Waals surface area contributed by atoms with Crippen LogP contribution in [0.25, 0.3) is 0 Å². The van der Waals surface area contributed by atoms with Gasteiger partial charge in [-0.05, 0) is 36.4 Å². The molecule has 3 rings (SSSR count). The van der Waals surface area contributed by atoms with E-state index in [1.165, 1.54) is 11.1 Å². The maximum atomic E-state index is 8.67. The van der Waals surface area contributed by atoms with E-state index >= 15 is 0 Å². The van der Waals surface area contributed by atoms with E-state index < -0.39 is 7.12 Å². The Labute approximate surface area is 158 Å². The average Bonchev–Trinajstić information content (AvgIpc) is 2.70. The van der Waals surface area contributed by atoms with Crippen LogP contribution in [0.15, 0.2) is 84.9 Å². The third kappa shape index (κ3) is 9.21. The number of benzene rings is 3. The summed E-state index contributed by atoms with van der Waals surface area (Å²) in [6.45, 7) is 6.28. The first-order valence-electron chi connectivity index (χ1n) is 9.07. The molecule has 0 aromatic heterocycles. The minimum atomic E-state index is -1.35.